The van der Waals surface area contributed by atoms with Crippen LogP contribution in [-0.4, -0.2) is 37.6 Å². The number of hydrogen-bond acceptors (Lipinski definition) is 6. The fourth-order valence-corrected chi connectivity index (χ4v) is 8.58. The van der Waals surface area contributed by atoms with Gasteiger partial charge in [-0.2, -0.15) is 0 Å². The molecule has 1 saturated heterocycles. The van der Waals surface area contributed by atoms with Gasteiger partial charge in [0.25, 0.3) is 0 Å². The monoisotopic (exact) mass is 533 g/mol. The van der Waals surface area contributed by atoms with Crippen molar-refractivity contribution in [1.29, 1.82) is 0 Å². The van der Waals surface area contributed by atoms with E-state index in [-0.39, 0.29) is 12.3 Å². The van der Waals surface area contributed by atoms with Crippen molar-refractivity contribution in [1.82, 2.24) is 4.98 Å². The van der Waals surface area contributed by atoms with Crippen LogP contribution in [0.4, 0.5) is 0 Å². The summed E-state index contributed by atoms with van der Waals surface area (Å²) in [5, 5.41) is 0. The maximum absolute atomic E-state index is 11.6. The van der Waals surface area contributed by atoms with E-state index in [4.69, 9.17) is 18.9 Å². The third-order valence-electron chi connectivity index (χ3n) is 10.5. The molecule has 1 aliphatic heterocycles. The Balaban J connectivity index is 1.09. The van der Waals surface area contributed by atoms with Gasteiger partial charge in [0.05, 0.1) is 25.9 Å². The molecule has 7 atom stereocenters. The van der Waals surface area contributed by atoms with Crippen LogP contribution < -0.4 is 9.47 Å². The molecule has 4 aliphatic rings. The van der Waals surface area contributed by atoms with Gasteiger partial charge in [0.2, 0.25) is 5.88 Å². The van der Waals surface area contributed by atoms with Crippen LogP contribution in [0.15, 0.2) is 36.5 Å². The van der Waals surface area contributed by atoms with Crippen molar-refractivity contribution < 1.29 is 23.7 Å². The zero-order valence-electron chi connectivity index (χ0n) is 23.7. The number of fused-ring (bicyclic) bond motifs is 5. The molecule has 39 heavy (non-hydrogen) atoms. The van der Waals surface area contributed by atoms with Crippen LogP contribution in [0, 0.1) is 29.1 Å². The Morgan fingerprint density at radius 1 is 1.13 bits per heavy atom. The Morgan fingerprint density at radius 3 is 2.79 bits per heavy atom. The topological polar surface area (TPSA) is 66.9 Å². The standard InChI is InChI=1S/C33H43NO5/c1-21-18-23-19-25(39-30-6-4-5-16-38-30)9-10-26(23)27-13-15-33(2)24(8-11-28(33)31(21)27)14-17-37-29-12-7-22(20-34-29)32(35)36-3/h7,9-10,12,19-21,24,27-28,30-31H,4-6,8,11,13-18H2,1-3H3/t21-,24-,27?,28?,30?,31?,33-/m1/s1. The number of aromatic nitrogens is 1. The average molecular weight is 534 g/mol. The van der Waals surface area contributed by atoms with Crippen molar-refractivity contribution in [2.45, 2.75) is 83.8 Å². The number of carbonyl (C=O) groups excluding carboxylic acids is 1. The molecule has 1 aromatic carbocycles. The highest BCUT2D eigenvalue weighted by Gasteiger charge is 2.55. The minimum atomic E-state index is -0.378. The third-order valence-corrected chi connectivity index (χ3v) is 10.5. The summed E-state index contributed by atoms with van der Waals surface area (Å²) in [6.45, 7) is 6.53. The summed E-state index contributed by atoms with van der Waals surface area (Å²) < 4.78 is 22.8. The van der Waals surface area contributed by atoms with Crippen LogP contribution >= 0.6 is 0 Å². The van der Waals surface area contributed by atoms with Crippen molar-refractivity contribution in [3.8, 4) is 11.6 Å². The lowest BCUT2D eigenvalue weighted by atomic mass is 9.51. The van der Waals surface area contributed by atoms with Crippen LogP contribution in [0.3, 0.4) is 0 Å². The third kappa shape index (κ3) is 5.17. The van der Waals surface area contributed by atoms with Gasteiger partial charge in [0.15, 0.2) is 6.29 Å². The Bertz CT molecular complexity index is 1160. The lowest BCUT2D eigenvalue weighted by molar-refractivity contribution is -0.105. The SMILES string of the molecule is COC(=O)c1ccc(OCC[C@H]2CCC3C4C(CC[C@@]32C)c2ccc(OC3CCCCO3)cc2C[C@H]4C)nc1. The summed E-state index contributed by atoms with van der Waals surface area (Å²) in [7, 11) is 1.38. The molecule has 0 radical (unpaired) electrons. The molecular weight excluding hydrogens is 490 g/mol. The average Bonchev–Trinajstić information content (AvgIpc) is 3.29. The van der Waals surface area contributed by atoms with E-state index in [1.807, 2.05) is 0 Å². The molecule has 1 aromatic heterocycles. The molecule has 3 fully saturated rings. The minimum Gasteiger partial charge on any atom is -0.478 e. The van der Waals surface area contributed by atoms with Gasteiger partial charge in [0, 0.05) is 18.7 Å². The van der Waals surface area contributed by atoms with E-state index in [1.54, 1.807) is 17.7 Å². The molecule has 0 bridgehead atoms. The van der Waals surface area contributed by atoms with Crippen molar-refractivity contribution >= 4 is 5.97 Å². The van der Waals surface area contributed by atoms with Crippen molar-refractivity contribution in [2.24, 2.45) is 29.1 Å². The van der Waals surface area contributed by atoms with Gasteiger partial charge in [-0.3, -0.25) is 0 Å². The number of esters is 1. The van der Waals surface area contributed by atoms with Crippen LogP contribution in [0.25, 0.3) is 0 Å². The maximum Gasteiger partial charge on any atom is 0.339 e. The molecule has 0 spiro atoms. The highest BCUT2D eigenvalue weighted by atomic mass is 16.7. The highest BCUT2D eigenvalue weighted by Crippen LogP contribution is 2.64. The van der Waals surface area contributed by atoms with E-state index < -0.39 is 0 Å². The summed E-state index contributed by atoms with van der Waals surface area (Å²) in [6.07, 6.45) is 12.1. The Kier molecular flexibility index (Phi) is 7.58. The van der Waals surface area contributed by atoms with Crippen LogP contribution in [0.1, 0.15) is 92.6 Å². The molecule has 0 N–H and O–H groups in total. The molecule has 2 saturated carbocycles. The summed E-state index contributed by atoms with van der Waals surface area (Å²) in [5.41, 5.74) is 3.89. The van der Waals surface area contributed by atoms with Crippen molar-refractivity contribution in [2.75, 3.05) is 20.3 Å². The van der Waals surface area contributed by atoms with Gasteiger partial charge in [-0.25, -0.2) is 9.78 Å². The largest absolute Gasteiger partial charge is 0.478 e. The molecule has 4 unspecified atom stereocenters. The van der Waals surface area contributed by atoms with E-state index in [2.05, 4.69) is 37.0 Å². The van der Waals surface area contributed by atoms with E-state index in [1.165, 1.54) is 51.0 Å². The number of carbonyl (C=O) groups is 1. The summed E-state index contributed by atoms with van der Waals surface area (Å²) >= 11 is 0. The quantitative estimate of drug-likeness (QED) is 0.359. The summed E-state index contributed by atoms with van der Waals surface area (Å²) in [5.74, 6) is 4.71. The van der Waals surface area contributed by atoms with Gasteiger partial charge in [-0.1, -0.05) is 19.9 Å². The number of benzene rings is 1. The molecule has 3 aliphatic carbocycles. The Morgan fingerprint density at radius 2 is 2.03 bits per heavy atom. The molecule has 2 heterocycles. The van der Waals surface area contributed by atoms with Crippen LogP contribution in [0.5, 0.6) is 11.6 Å². The second-order valence-electron chi connectivity index (χ2n) is 12.6. The van der Waals surface area contributed by atoms with E-state index in [9.17, 15) is 4.79 Å². The van der Waals surface area contributed by atoms with Crippen molar-refractivity contribution in [3.05, 3.63) is 53.2 Å². The Labute approximate surface area is 232 Å². The number of nitrogens with zero attached hydrogens (tertiary/aromatic N) is 1. The number of ether oxygens (including phenoxy) is 4. The summed E-state index contributed by atoms with van der Waals surface area (Å²) in [6, 6.07) is 10.4. The number of rotatable bonds is 7. The predicted molar refractivity (Wildman–Crippen MR) is 149 cm³/mol. The molecule has 2 aromatic rings. The lowest BCUT2D eigenvalue weighted by Crippen LogP contribution is -2.45. The van der Waals surface area contributed by atoms with Gasteiger partial charge < -0.3 is 18.9 Å². The van der Waals surface area contributed by atoms with Gasteiger partial charge in [-0.15, -0.1) is 0 Å². The van der Waals surface area contributed by atoms with E-state index in [0.29, 0.717) is 41.2 Å². The smallest absolute Gasteiger partial charge is 0.339 e. The zero-order chi connectivity index (χ0) is 27.0. The van der Waals surface area contributed by atoms with Crippen LogP contribution in [-0.2, 0) is 15.9 Å². The second-order valence-corrected chi connectivity index (χ2v) is 12.6. The first-order valence-corrected chi connectivity index (χ1v) is 15.0. The highest BCUT2D eigenvalue weighted by molar-refractivity contribution is 5.88. The predicted octanol–water partition coefficient (Wildman–Crippen LogP) is 6.96. The van der Waals surface area contributed by atoms with Crippen molar-refractivity contribution in [3.63, 3.8) is 0 Å². The number of pyridine rings is 1. The van der Waals surface area contributed by atoms with Gasteiger partial charge >= 0.3 is 5.97 Å². The lowest BCUT2D eigenvalue weighted by Gasteiger charge is -2.53. The first-order valence-electron chi connectivity index (χ1n) is 15.0. The maximum atomic E-state index is 11.6. The molecule has 6 nitrogen and oxygen atoms in total. The minimum absolute atomic E-state index is 0.0876. The van der Waals surface area contributed by atoms with Crippen LogP contribution in [0.2, 0.25) is 0 Å². The second kappa shape index (κ2) is 11.1. The molecule has 6 rings (SSSR count). The first-order chi connectivity index (χ1) is 19.0. The fourth-order valence-electron chi connectivity index (χ4n) is 8.58. The number of methoxy groups -OCH3 is 1. The Hall–Kier alpha value is -2.60. The molecule has 0 amide bonds. The first kappa shape index (κ1) is 26.6. The molecule has 210 valence electrons. The molecular formula is C33H43NO5. The molecule has 6 heteroatoms. The van der Waals surface area contributed by atoms with E-state index in [0.717, 1.165) is 49.9 Å². The van der Waals surface area contributed by atoms with Gasteiger partial charge in [0.1, 0.15) is 5.75 Å². The number of hydrogen-bond donors (Lipinski definition) is 0. The normalized spacial score (nSPS) is 33.4. The van der Waals surface area contributed by atoms with E-state index >= 15 is 0 Å². The van der Waals surface area contributed by atoms with Gasteiger partial charge in [-0.05, 0) is 116 Å². The zero-order valence-corrected chi connectivity index (χ0v) is 23.7. The fraction of sp³-hybridized carbons (Fsp3) is 0.636. The summed E-state index contributed by atoms with van der Waals surface area (Å²) in [4.78, 5) is 15.9.